The SMILES string of the molecule is CCN(CC(=O)OC)c1cc(SC)ncn1. The first kappa shape index (κ1) is 12.8. The number of nitrogens with zero attached hydrogens (tertiary/aromatic N) is 3. The first-order valence-electron chi connectivity index (χ1n) is 4.89. The number of methoxy groups -OCH3 is 1. The molecule has 0 aliphatic heterocycles. The molecular weight excluding hydrogens is 226 g/mol. The van der Waals surface area contributed by atoms with Crippen LogP contribution in [-0.2, 0) is 9.53 Å². The van der Waals surface area contributed by atoms with Crippen LogP contribution in [0.3, 0.4) is 0 Å². The zero-order valence-corrected chi connectivity index (χ0v) is 10.5. The van der Waals surface area contributed by atoms with E-state index in [0.29, 0.717) is 6.54 Å². The molecule has 0 amide bonds. The molecule has 1 aromatic heterocycles. The van der Waals surface area contributed by atoms with Gasteiger partial charge in [-0.25, -0.2) is 9.97 Å². The molecule has 1 rings (SSSR count). The van der Waals surface area contributed by atoms with Gasteiger partial charge in [0, 0.05) is 12.6 Å². The van der Waals surface area contributed by atoms with Gasteiger partial charge < -0.3 is 9.64 Å². The van der Waals surface area contributed by atoms with Crippen LogP contribution in [0.1, 0.15) is 6.92 Å². The second kappa shape index (κ2) is 6.32. The Balaban J connectivity index is 2.81. The van der Waals surface area contributed by atoms with E-state index in [4.69, 9.17) is 0 Å². The zero-order valence-electron chi connectivity index (χ0n) is 9.64. The molecule has 5 nitrogen and oxygen atoms in total. The topological polar surface area (TPSA) is 55.3 Å². The Hall–Kier alpha value is -1.30. The van der Waals surface area contributed by atoms with Crippen LogP contribution in [0.2, 0.25) is 0 Å². The monoisotopic (exact) mass is 241 g/mol. The fourth-order valence-electron chi connectivity index (χ4n) is 1.19. The second-order valence-corrected chi connectivity index (χ2v) is 3.84. The molecule has 0 N–H and O–H groups in total. The van der Waals surface area contributed by atoms with Crippen molar-refractivity contribution < 1.29 is 9.53 Å². The van der Waals surface area contributed by atoms with Gasteiger partial charge in [-0.15, -0.1) is 11.8 Å². The summed E-state index contributed by atoms with van der Waals surface area (Å²) in [5.41, 5.74) is 0. The van der Waals surface area contributed by atoms with Crippen molar-refractivity contribution in [2.75, 3.05) is 31.4 Å². The van der Waals surface area contributed by atoms with E-state index < -0.39 is 0 Å². The molecule has 0 saturated carbocycles. The summed E-state index contributed by atoms with van der Waals surface area (Å²) in [5.74, 6) is 0.471. The van der Waals surface area contributed by atoms with E-state index in [-0.39, 0.29) is 12.5 Å². The number of likely N-dealkylation sites (N-methyl/N-ethyl adjacent to an activating group) is 1. The van der Waals surface area contributed by atoms with Gasteiger partial charge in [0.15, 0.2) is 0 Å². The Kier molecular flexibility index (Phi) is 5.04. The number of hydrogen-bond acceptors (Lipinski definition) is 6. The third-order valence-corrected chi connectivity index (χ3v) is 2.73. The Morgan fingerprint density at radius 2 is 2.31 bits per heavy atom. The second-order valence-electron chi connectivity index (χ2n) is 3.01. The number of aromatic nitrogens is 2. The summed E-state index contributed by atoms with van der Waals surface area (Å²) in [6.07, 6.45) is 3.45. The molecule has 0 atom stereocenters. The number of carbonyl (C=O) groups excluding carboxylic acids is 1. The minimum atomic E-state index is -0.272. The summed E-state index contributed by atoms with van der Waals surface area (Å²) < 4.78 is 4.63. The lowest BCUT2D eigenvalue weighted by Crippen LogP contribution is -2.31. The standard InChI is InChI=1S/C10H15N3O2S/c1-4-13(6-10(14)15-2)8-5-9(16-3)12-7-11-8/h5,7H,4,6H2,1-3H3. The van der Waals surface area contributed by atoms with Gasteiger partial charge in [-0.2, -0.15) is 0 Å². The molecular formula is C10H15N3O2S. The van der Waals surface area contributed by atoms with Gasteiger partial charge in [0.25, 0.3) is 0 Å². The molecule has 16 heavy (non-hydrogen) atoms. The van der Waals surface area contributed by atoms with Crippen molar-refractivity contribution in [3.63, 3.8) is 0 Å². The molecule has 0 unspecified atom stereocenters. The number of carbonyl (C=O) groups is 1. The molecule has 0 fully saturated rings. The van der Waals surface area contributed by atoms with Crippen molar-refractivity contribution in [2.24, 2.45) is 0 Å². The lowest BCUT2D eigenvalue weighted by atomic mass is 10.4. The van der Waals surface area contributed by atoms with Gasteiger partial charge in [-0.05, 0) is 13.2 Å². The predicted molar refractivity (Wildman–Crippen MR) is 63.7 cm³/mol. The Labute approximate surface area is 99.2 Å². The molecule has 0 spiro atoms. The molecule has 6 heteroatoms. The third kappa shape index (κ3) is 3.37. The maximum atomic E-state index is 11.2. The van der Waals surface area contributed by atoms with Gasteiger partial charge >= 0.3 is 5.97 Å². The van der Waals surface area contributed by atoms with Gasteiger partial charge in [0.2, 0.25) is 0 Å². The number of thioether (sulfide) groups is 1. The normalized spacial score (nSPS) is 9.94. The molecule has 1 heterocycles. The first-order chi connectivity index (χ1) is 7.71. The smallest absolute Gasteiger partial charge is 0.325 e. The van der Waals surface area contributed by atoms with Gasteiger partial charge in [0.05, 0.1) is 7.11 Å². The zero-order chi connectivity index (χ0) is 12.0. The van der Waals surface area contributed by atoms with Gasteiger partial charge in [-0.1, -0.05) is 0 Å². The molecule has 0 bridgehead atoms. The van der Waals surface area contributed by atoms with E-state index in [1.165, 1.54) is 13.4 Å². The quantitative estimate of drug-likeness (QED) is 0.438. The van der Waals surface area contributed by atoms with Gasteiger partial charge in [-0.3, -0.25) is 4.79 Å². The van der Waals surface area contributed by atoms with E-state index in [2.05, 4.69) is 14.7 Å². The fraction of sp³-hybridized carbons (Fsp3) is 0.500. The Morgan fingerprint density at radius 3 is 2.88 bits per heavy atom. The minimum absolute atomic E-state index is 0.206. The maximum Gasteiger partial charge on any atom is 0.325 e. The largest absolute Gasteiger partial charge is 0.468 e. The van der Waals surface area contributed by atoms with E-state index in [0.717, 1.165) is 10.8 Å². The highest BCUT2D eigenvalue weighted by molar-refractivity contribution is 7.98. The van der Waals surface area contributed by atoms with Crippen molar-refractivity contribution in [3.05, 3.63) is 12.4 Å². The van der Waals surface area contributed by atoms with E-state index in [1.54, 1.807) is 11.8 Å². The van der Waals surface area contributed by atoms with Crippen LogP contribution < -0.4 is 4.90 Å². The van der Waals surface area contributed by atoms with Crippen LogP contribution in [0.15, 0.2) is 17.4 Å². The molecule has 1 aromatic rings. The van der Waals surface area contributed by atoms with E-state index in [9.17, 15) is 4.79 Å². The highest BCUT2D eigenvalue weighted by atomic mass is 32.2. The highest BCUT2D eigenvalue weighted by Gasteiger charge is 2.11. The van der Waals surface area contributed by atoms with Crippen LogP contribution >= 0.6 is 11.8 Å². The van der Waals surface area contributed by atoms with Gasteiger partial charge in [0.1, 0.15) is 23.7 Å². The molecule has 88 valence electrons. The van der Waals surface area contributed by atoms with Crippen LogP contribution in [0.5, 0.6) is 0 Å². The lowest BCUT2D eigenvalue weighted by molar-refractivity contribution is -0.138. The van der Waals surface area contributed by atoms with Crippen LogP contribution in [0.25, 0.3) is 0 Å². The van der Waals surface area contributed by atoms with Crippen molar-refractivity contribution in [1.82, 2.24) is 9.97 Å². The predicted octanol–water partition coefficient (Wildman–Crippen LogP) is 1.20. The average molecular weight is 241 g/mol. The summed E-state index contributed by atoms with van der Waals surface area (Å²) in [6, 6.07) is 1.86. The highest BCUT2D eigenvalue weighted by Crippen LogP contribution is 2.16. The number of anilines is 1. The summed E-state index contributed by atoms with van der Waals surface area (Å²) in [4.78, 5) is 21.3. The Bertz CT molecular complexity index is 360. The number of hydrogen-bond donors (Lipinski definition) is 0. The van der Waals surface area contributed by atoms with Crippen molar-refractivity contribution in [2.45, 2.75) is 11.9 Å². The maximum absolute atomic E-state index is 11.2. The summed E-state index contributed by atoms with van der Waals surface area (Å²) in [5, 5.41) is 0.883. The number of esters is 1. The van der Waals surface area contributed by atoms with E-state index >= 15 is 0 Å². The molecule has 0 aliphatic rings. The minimum Gasteiger partial charge on any atom is -0.468 e. The van der Waals surface area contributed by atoms with Crippen molar-refractivity contribution in [3.8, 4) is 0 Å². The third-order valence-electron chi connectivity index (χ3n) is 2.09. The summed E-state index contributed by atoms with van der Waals surface area (Å²) in [6.45, 7) is 2.86. The summed E-state index contributed by atoms with van der Waals surface area (Å²) >= 11 is 1.54. The van der Waals surface area contributed by atoms with Crippen LogP contribution in [0, 0.1) is 0 Å². The molecule has 0 aliphatic carbocycles. The van der Waals surface area contributed by atoms with Crippen molar-refractivity contribution in [1.29, 1.82) is 0 Å². The molecule has 0 aromatic carbocycles. The number of rotatable bonds is 5. The fourth-order valence-corrected chi connectivity index (χ4v) is 1.57. The average Bonchev–Trinajstić information content (AvgIpc) is 2.35. The van der Waals surface area contributed by atoms with Crippen LogP contribution in [-0.4, -0.2) is 42.4 Å². The van der Waals surface area contributed by atoms with Crippen LogP contribution in [0.4, 0.5) is 5.82 Å². The number of ether oxygens (including phenoxy) is 1. The Morgan fingerprint density at radius 1 is 1.56 bits per heavy atom. The lowest BCUT2D eigenvalue weighted by Gasteiger charge is -2.20. The molecule has 0 radical (unpaired) electrons. The van der Waals surface area contributed by atoms with E-state index in [1.807, 2.05) is 24.1 Å². The summed E-state index contributed by atoms with van der Waals surface area (Å²) in [7, 11) is 1.38. The molecule has 0 saturated heterocycles. The first-order valence-corrected chi connectivity index (χ1v) is 6.11. The van der Waals surface area contributed by atoms with Crippen molar-refractivity contribution >= 4 is 23.5 Å².